The Labute approximate surface area is 163 Å². The summed E-state index contributed by atoms with van der Waals surface area (Å²) < 4.78 is 14.2. The Morgan fingerprint density at radius 2 is 1.23 bits per heavy atom. The third-order valence-electron chi connectivity index (χ3n) is 5.37. The molecule has 0 amide bonds. The van der Waals surface area contributed by atoms with Gasteiger partial charge in [0.15, 0.2) is 16.6 Å². The second-order valence-electron chi connectivity index (χ2n) is 6.12. The van der Waals surface area contributed by atoms with Gasteiger partial charge in [0.2, 0.25) is 0 Å². The molecule has 2 nitrogen and oxygen atoms in total. The third-order valence-corrected chi connectivity index (χ3v) is 16.4. The normalized spacial score (nSPS) is 15.8. The van der Waals surface area contributed by atoms with Crippen LogP contribution in [-0.2, 0) is 8.85 Å². The van der Waals surface area contributed by atoms with Crippen LogP contribution in [0.25, 0.3) is 0 Å². The topological polar surface area (TPSA) is 18.5 Å². The molecule has 0 aliphatic heterocycles. The molecule has 0 aromatic heterocycles. The van der Waals surface area contributed by atoms with Gasteiger partial charge in [-0.3, -0.25) is 0 Å². The van der Waals surface area contributed by atoms with Crippen LogP contribution in [0.15, 0.2) is 0 Å². The monoisotopic (exact) mass is 522 g/mol. The summed E-state index contributed by atoms with van der Waals surface area (Å²) in [5, 5.41) is 0. The van der Waals surface area contributed by atoms with Crippen molar-refractivity contribution in [2.24, 2.45) is 0 Å². The molecular formula is C16H36BrIO2Si2. The minimum atomic E-state index is -1.54. The highest BCUT2D eigenvalue weighted by molar-refractivity contribution is 14.1. The zero-order chi connectivity index (χ0) is 17.2. The molecule has 6 heteroatoms. The maximum Gasteiger partial charge on any atom is 0.192 e. The van der Waals surface area contributed by atoms with Crippen LogP contribution in [0.5, 0.6) is 0 Å². The van der Waals surface area contributed by atoms with Gasteiger partial charge in [0, 0.05) is 11.0 Å². The van der Waals surface area contributed by atoms with Gasteiger partial charge >= 0.3 is 0 Å². The van der Waals surface area contributed by atoms with Crippen LogP contribution in [0, 0.1) is 0 Å². The molecule has 0 heterocycles. The van der Waals surface area contributed by atoms with Crippen molar-refractivity contribution in [1.29, 1.82) is 0 Å². The maximum absolute atomic E-state index is 6.68. The standard InChI is InChI=1S/C16H36BrIO2Si2/c1-7-21(8-2,9-3)19-14-15(17)16(13-18)20-22(10-4,11-5)12-6/h15-16H,7-14H2,1-6H3. The van der Waals surface area contributed by atoms with E-state index < -0.39 is 16.6 Å². The predicted octanol–water partition coefficient (Wildman–Crippen LogP) is 6.60. The Morgan fingerprint density at radius 3 is 1.55 bits per heavy atom. The van der Waals surface area contributed by atoms with Crippen LogP contribution in [0.3, 0.4) is 0 Å². The van der Waals surface area contributed by atoms with E-state index in [2.05, 4.69) is 80.1 Å². The summed E-state index contributed by atoms with van der Waals surface area (Å²) in [4.78, 5) is 0.317. The predicted molar refractivity (Wildman–Crippen MR) is 117 cm³/mol. The smallest absolute Gasteiger partial charge is 0.192 e. The van der Waals surface area contributed by atoms with Gasteiger partial charge < -0.3 is 8.85 Å². The Morgan fingerprint density at radius 1 is 0.818 bits per heavy atom. The number of rotatable bonds is 13. The molecule has 0 saturated heterocycles. The highest BCUT2D eigenvalue weighted by Crippen LogP contribution is 2.28. The van der Waals surface area contributed by atoms with E-state index in [1.165, 1.54) is 36.3 Å². The molecule has 22 heavy (non-hydrogen) atoms. The molecule has 0 N–H and O–H groups in total. The minimum Gasteiger partial charge on any atom is -0.416 e. The first-order chi connectivity index (χ1) is 10.4. The highest BCUT2D eigenvalue weighted by atomic mass is 127. The summed E-state index contributed by atoms with van der Waals surface area (Å²) in [5.74, 6) is 0. The molecule has 0 fully saturated rings. The maximum atomic E-state index is 6.68. The van der Waals surface area contributed by atoms with Crippen LogP contribution in [0.4, 0.5) is 0 Å². The highest BCUT2D eigenvalue weighted by Gasteiger charge is 2.35. The molecule has 0 aromatic carbocycles. The van der Waals surface area contributed by atoms with Crippen molar-refractivity contribution in [2.45, 2.75) is 88.7 Å². The largest absolute Gasteiger partial charge is 0.416 e. The lowest BCUT2D eigenvalue weighted by molar-refractivity contribution is 0.177. The van der Waals surface area contributed by atoms with E-state index in [0.717, 1.165) is 11.0 Å². The van der Waals surface area contributed by atoms with Gasteiger partial charge in [0.1, 0.15) is 0 Å². The van der Waals surface area contributed by atoms with Crippen molar-refractivity contribution in [3.8, 4) is 0 Å². The lowest BCUT2D eigenvalue weighted by Crippen LogP contribution is -2.46. The van der Waals surface area contributed by atoms with Crippen LogP contribution in [0.1, 0.15) is 41.5 Å². The lowest BCUT2D eigenvalue weighted by atomic mass is 10.3. The van der Waals surface area contributed by atoms with E-state index in [4.69, 9.17) is 8.85 Å². The van der Waals surface area contributed by atoms with Crippen molar-refractivity contribution in [1.82, 2.24) is 0 Å². The van der Waals surface area contributed by atoms with Gasteiger partial charge in [-0.2, -0.15) is 0 Å². The first-order valence-corrected chi connectivity index (χ1v) is 16.4. The van der Waals surface area contributed by atoms with Crippen molar-refractivity contribution >= 4 is 55.2 Å². The van der Waals surface area contributed by atoms with Gasteiger partial charge in [0.25, 0.3) is 0 Å². The number of hydrogen-bond donors (Lipinski definition) is 0. The van der Waals surface area contributed by atoms with E-state index >= 15 is 0 Å². The number of halogens is 2. The molecule has 2 atom stereocenters. The van der Waals surface area contributed by atoms with E-state index in [1.54, 1.807) is 0 Å². The number of alkyl halides is 2. The molecule has 0 aromatic rings. The molecule has 0 saturated carbocycles. The molecule has 2 unspecified atom stereocenters. The first kappa shape index (κ1) is 23.6. The van der Waals surface area contributed by atoms with Gasteiger partial charge in [-0.15, -0.1) is 0 Å². The van der Waals surface area contributed by atoms with E-state index in [1.807, 2.05) is 0 Å². The summed E-state index contributed by atoms with van der Waals surface area (Å²) in [6.07, 6.45) is 0.282. The number of hydrogen-bond acceptors (Lipinski definition) is 2. The second-order valence-corrected chi connectivity index (χ2v) is 17.7. The van der Waals surface area contributed by atoms with Gasteiger partial charge in [-0.05, 0) is 36.3 Å². The molecule has 0 rings (SSSR count). The Hall–Kier alpha value is 1.56. The minimum absolute atomic E-state index is 0.282. The zero-order valence-electron chi connectivity index (χ0n) is 15.4. The fourth-order valence-electron chi connectivity index (χ4n) is 2.94. The van der Waals surface area contributed by atoms with Crippen LogP contribution in [-0.4, -0.2) is 38.6 Å². The van der Waals surface area contributed by atoms with E-state index in [-0.39, 0.29) is 6.10 Å². The molecule has 0 spiro atoms. The molecular weight excluding hydrogens is 487 g/mol. The fourth-order valence-corrected chi connectivity index (χ4v) is 11.2. The van der Waals surface area contributed by atoms with Crippen LogP contribution >= 0.6 is 38.5 Å². The van der Waals surface area contributed by atoms with Gasteiger partial charge in [-0.1, -0.05) is 80.1 Å². The molecule has 0 aliphatic carbocycles. The average molecular weight is 523 g/mol. The summed E-state index contributed by atoms with van der Waals surface area (Å²) >= 11 is 6.34. The first-order valence-electron chi connectivity index (χ1n) is 8.93. The van der Waals surface area contributed by atoms with Crippen molar-refractivity contribution in [3.05, 3.63) is 0 Å². The molecule has 0 radical (unpaired) electrons. The van der Waals surface area contributed by atoms with E-state index in [0.29, 0.717) is 4.83 Å². The summed E-state index contributed by atoms with van der Waals surface area (Å²) in [5.41, 5.74) is 0. The Balaban J connectivity index is 4.75. The van der Waals surface area contributed by atoms with Gasteiger partial charge in [0.05, 0.1) is 10.9 Å². The Bertz CT molecular complexity index is 271. The Kier molecular flexibility index (Phi) is 12.9. The van der Waals surface area contributed by atoms with Crippen molar-refractivity contribution in [2.75, 3.05) is 11.0 Å². The quantitative estimate of drug-likeness (QED) is 0.154. The molecule has 134 valence electrons. The van der Waals surface area contributed by atoms with Crippen molar-refractivity contribution < 1.29 is 8.85 Å². The van der Waals surface area contributed by atoms with Crippen molar-refractivity contribution in [3.63, 3.8) is 0 Å². The second kappa shape index (κ2) is 12.0. The van der Waals surface area contributed by atoms with Crippen LogP contribution < -0.4 is 0 Å². The molecule has 0 aliphatic rings. The lowest BCUT2D eigenvalue weighted by Gasteiger charge is -2.36. The average Bonchev–Trinajstić information content (AvgIpc) is 2.58. The van der Waals surface area contributed by atoms with E-state index in [9.17, 15) is 0 Å². The summed E-state index contributed by atoms with van der Waals surface area (Å²) in [7, 11) is -3.04. The molecule has 0 bridgehead atoms. The SMILES string of the molecule is CC[Si](CC)(CC)OCC(Br)C(CI)O[Si](CC)(CC)CC. The summed E-state index contributed by atoms with van der Waals surface area (Å²) in [6, 6.07) is 7.29. The zero-order valence-corrected chi connectivity index (χ0v) is 21.1. The third kappa shape index (κ3) is 6.82. The fraction of sp³-hybridized carbons (Fsp3) is 1.00. The van der Waals surface area contributed by atoms with Gasteiger partial charge in [-0.25, -0.2) is 0 Å². The summed E-state index contributed by atoms with van der Waals surface area (Å²) in [6.45, 7) is 14.6. The van der Waals surface area contributed by atoms with Crippen LogP contribution in [0.2, 0.25) is 36.3 Å².